The lowest BCUT2D eigenvalue weighted by molar-refractivity contribution is -0.117. The molecular formula is C21H18ClN3O. The maximum absolute atomic E-state index is 12.3. The third-order valence-electron chi connectivity index (χ3n) is 4.06. The van der Waals surface area contributed by atoms with Crippen molar-refractivity contribution in [3.63, 3.8) is 0 Å². The molecule has 0 spiro atoms. The molecule has 1 amide bonds. The van der Waals surface area contributed by atoms with Gasteiger partial charge in [-0.15, -0.1) is 0 Å². The Balaban J connectivity index is 1.64. The molecule has 0 radical (unpaired) electrons. The van der Waals surface area contributed by atoms with Crippen LogP contribution >= 0.6 is 11.6 Å². The largest absolute Gasteiger partial charge is 0.324 e. The van der Waals surface area contributed by atoms with Gasteiger partial charge in [0, 0.05) is 11.6 Å². The van der Waals surface area contributed by atoms with Crippen molar-refractivity contribution >= 4 is 34.0 Å². The molecule has 130 valence electrons. The SMILES string of the molecule is CN(CC(=O)Nc1cc(Cl)ccc1C#N)Cc1ccc2ccccc2c1. The van der Waals surface area contributed by atoms with Crippen LogP contribution in [0.3, 0.4) is 0 Å². The Labute approximate surface area is 157 Å². The van der Waals surface area contributed by atoms with Crippen LogP contribution in [0.4, 0.5) is 5.69 Å². The van der Waals surface area contributed by atoms with Gasteiger partial charge in [0.05, 0.1) is 17.8 Å². The number of nitriles is 1. The van der Waals surface area contributed by atoms with E-state index in [1.54, 1.807) is 18.2 Å². The van der Waals surface area contributed by atoms with Crippen molar-refractivity contribution in [2.75, 3.05) is 18.9 Å². The second-order valence-electron chi connectivity index (χ2n) is 6.20. The molecule has 0 aromatic heterocycles. The second kappa shape index (κ2) is 8.01. The van der Waals surface area contributed by atoms with E-state index in [-0.39, 0.29) is 12.5 Å². The summed E-state index contributed by atoms with van der Waals surface area (Å²) in [5.74, 6) is -0.188. The summed E-state index contributed by atoms with van der Waals surface area (Å²) in [5.41, 5.74) is 1.96. The molecule has 0 saturated carbocycles. The summed E-state index contributed by atoms with van der Waals surface area (Å²) in [6.07, 6.45) is 0. The van der Waals surface area contributed by atoms with Gasteiger partial charge in [-0.2, -0.15) is 5.26 Å². The maximum atomic E-state index is 12.3. The van der Waals surface area contributed by atoms with Gasteiger partial charge in [-0.05, 0) is 47.6 Å². The van der Waals surface area contributed by atoms with Crippen molar-refractivity contribution in [2.24, 2.45) is 0 Å². The van der Waals surface area contributed by atoms with Crippen LogP contribution in [0.5, 0.6) is 0 Å². The van der Waals surface area contributed by atoms with Gasteiger partial charge >= 0.3 is 0 Å². The average Bonchev–Trinajstić information content (AvgIpc) is 2.61. The van der Waals surface area contributed by atoms with Gasteiger partial charge in [0.15, 0.2) is 0 Å². The number of benzene rings is 3. The van der Waals surface area contributed by atoms with Gasteiger partial charge in [0.1, 0.15) is 6.07 Å². The van der Waals surface area contributed by atoms with E-state index in [9.17, 15) is 4.79 Å². The van der Waals surface area contributed by atoms with E-state index >= 15 is 0 Å². The molecule has 3 aromatic rings. The molecule has 4 nitrogen and oxygen atoms in total. The Bertz CT molecular complexity index is 994. The normalized spacial score (nSPS) is 10.7. The van der Waals surface area contributed by atoms with E-state index < -0.39 is 0 Å². The highest BCUT2D eigenvalue weighted by Crippen LogP contribution is 2.20. The average molecular weight is 364 g/mol. The van der Waals surface area contributed by atoms with Gasteiger partial charge in [-0.1, -0.05) is 48.0 Å². The predicted molar refractivity (Wildman–Crippen MR) is 105 cm³/mol. The quantitative estimate of drug-likeness (QED) is 0.729. The number of hydrogen-bond donors (Lipinski definition) is 1. The highest BCUT2D eigenvalue weighted by atomic mass is 35.5. The standard InChI is InChI=1S/C21H18ClN3O/c1-25(13-15-6-7-16-4-2-3-5-17(16)10-15)14-21(26)24-20-11-19(22)9-8-18(20)12-23/h2-11H,13-14H2,1H3,(H,24,26). The Hall–Kier alpha value is -2.87. The molecule has 1 N–H and O–H groups in total. The Morgan fingerprint density at radius 2 is 1.88 bits per heavy atom. The fourth-order valence-corrected chi connectivity index (χ4v) is 3.03. The molecule has 0 aliphatic carbocycles. The number of carbonyl (C=O) groups excluding carboxylic acids is 1. The minimum absolute atomic E-state index is 0.188. The highest BCUT2D eigenvalue weighted by Gasteiger charge is 2.11. The van der Waals surface area contributed by atoms with Gasteiger partial charge in [-0.3, -0.25) is 9.69 Å². The number of carbonyl (C=O) groups is 1. The van der Waals surface area contributed by atoms with Crippen LogP contribution in [0.2, 0.25) is 5.02 Å². The lowest BCUT2D eigenvalue weighted by atomic mass is 10.1. The Morgan fingerprint density at radius 1 is 1.12 bits per heavy atom. The van der Waals surface area contributed by atoms with E-state index in [1.807, 2.05) is 24.1 Å². The number of fused-ring (bicyclic) bond motifs is 1. The lowest BCUT2D eigenvalue weighted by Crippen LogP contribution is -2.30. The zero-order valence-electron chi connectivity index (χ0n) is 14.4. The molecule has 26 heavy (non-hydrogen) atoms. The van der Waals surface area contributed by atoms with Crippen LogP contribution in [0.25, 0.3) is 10.8 Å². The van der Waals surface area contributed by atoms with E-state index in [2.05, 4.69) is 41.7 Å². The third kappa shape index (κ3) is 4.40. The molecule has 5 heteroatoms. The third-order valence-corrected chi connectivity index (χ3v) is 4.29. The summed E-state index contributed by atoms with van der Waals surface area (Å²) in [4.78, 5) is 14.2. The molecular weight excluding hydrogens is 346 g/mol. The van der Waals surface area contributed by atoms with Crippen LogP contribution in [0, 0.1) is 11.3 Å². The van der Waals surface area contributed by atoms with Gasteiger partial charge in [0.2, 0.25) is 5.91 Å². The summed E-state index contributed by atoms with van der Waals surface area (Å²) in [5, 5.41) is 14.7. The minimum Gasteiger partial charge on any atom is -0.324 e. The van der Waals surface area contributed by atoms with Crippen molar-refractivity contribution in [3.05, 3.63) is 76.8 Å². The fourth-order valence-electron chi connectivity index (χ4n) is 2.86. The molecule has 0 saturated heterocycles. The molecule has 0 bridgehead atoms. The number of anilines is 1. The molecule has 0 unspecified atom stereocenters. The van der Waals surface area contributed by atoms with E-state index in [1.165, 1.54) is 10.8 Å². The zero-order valence-corrected chi connectivity index (χ0v) is 15.1. The first-order chi connectivity index (χ1) is 12.5. The second-order valence-corrected chi connectivity index (χ2v) is 6.64. The van der Waals surface area contributed by atoms with Crippen LogP contribution < -0.4 is 5.32 Å². The summed E-state index contributed by atoms with van der Waals surface area (Å²) in [6.45, 7) is 0.864. The molecule has 0 atom stereocenters. The van der Waals surface area contributed by atoms with Crippen molar-refractivity contribution in [1.29, 1.82) is 5.26 Å². The number of hydrogen-bond acceptors (Lipinski definition) is 3. The Morgan fingerprint density at radius 3 is 2.65 bits per heavy atom. The van der Waals surface area contributed by atoms with Crippen LogP contribution in [0.15, 0.2) is 60.7 Å². The minimum atomic E-state index is -0.188. The number of likely N-dealkylation sites (N-methyl/N-ethyl adjacent to an activating group) is 1. The summed E-state index contributed by atoms with van der Waals surface area (Å²) in [7, 11) is 1.89. The number of amides is 1. The van der Waals surface area contributed by atoms with Gasteiger partial charge in [0.25, 0.3) is 0 Å². The Kier molecular flexibility index (Phi) is 5.52. The van der Waals surface area contributed by atoms with Crippen molar-refractivity contribution in [1.82, 2.24) is 4.90 Å². The zero-order chi connectivity index (χ0) is 18.5. The van der Waals surface area contributed by atoms with Crippen molar-refractivity contribution in [3.8, 4) is 6.07 Å². The van der Waals surface area contributed by atoms with Crippen molar-refractivity contribution < 1.29 is 4.79 Å². The summed E-state index contributed by atoms with van der Waals surface area (Å²) >= 11 is 5.95. The predicted octanol–water partition coefficient (Wildman–Crippen LogP) is 4.44. The van der Waals surface area contributed by atoms with Gasteiger partial charge in [-0.25, -0.2) is 0 Å². The molecule has 0 aliphatic heterocycles. The summed E-state index contributed by atoms with van der Waals surface area (Å²) < 4.78 is 0. The van der Waals surface area contributed by atoms with E-state index in [4.69, 9.17) is 16.9 Å². The number of nitrogens with zero attached hydrogens (tertiary/aromatic N) is 2. The van der Waals surface area contributed by atoms with Gasteiger partial charge < -0.3 is 5.32 Å². The molecule has 0 heterocycles. The smallest absolute Gasteiger partial charge is 0.238 e. The highest BCUT2D eigenvalue weighted by molar-refractivity contribution is 6.31. The van der Waals surface area contributed by atoms with E-state index in [0.29, 0.717) is 22.8 Å². The maximum Gasteiger partial charge on any atom is 0.238 e. The first kappa shape index (κ1) is 17.9. The topological polar surface area (TPSA) is 56.1 Å². The lowest BCUT2D eigenvalue weighted by Gasteiger charge is -2.17. The number of nitrogens with one attached hydrogen (secondary N) is 1. The monoisotopic (exact) mass is 363 g/mol. The molecule has 0 fully saturated rings. The molecule has 3 aromatic carbocycles. The van der Waals surface area contributed by atoms with Crippen LogP contribution in [-0.4, -0.2) is 24.4 Å². The summed E-state index contributed by atoms with van der Waals surface area (Å²) in [6, 6.07) is 21.3. The van der Waals surface area contributed by atoms with E-state index in [0.717, 1.165) is 5.56 Å². The first-order valence-corrected chi connectivity index (χ1v) is 8.58. The number of rotatable bonds is 5. The number of halogens is 1. The van der Waals surface area contributed by atoms with Crippen LogP contribution in [0.1, 0.15) is 11.1 Å². The van der Waals surface area contributed by atoms with Crippen LogP contribution in [-0.2, 0) is 11.3 Å². The fraction of sp³-hybridized carbons (Fsp3) is 0.143. The first-order valence-electron chi connectivity index (χ1n) is 8.21. The van der Waals surface area contributed by atoms with Crippen molar-refractivity contribution in [2.45, 2.75) is 6.54 Å². The molecule has 3 rings (SSSR count). The molecule has 0 aliphatic rings.